The quantitative estimate of drug-likeness (QED) is 0.725. The van der Waals surface area contributed by atoms with E-state index in [4.69, 9.17) is 0 Å². The highest BCUT2D eigenvalue weighted by atomic mass is 79.9. The monoisotopic (exact) mass is 211 g/mol. The Morgan fingerprint density at radius 2 is 2.36 bits per heavy atom. The maximum Gasteiger partial charge on any atom is 0.157 e. The van der Waals surface area contributed by atoms with Gasteiger partial charge in [0.15, 0.2) is 5.65 Å². The summed E-state index contributed by atoms with van der Waals surface area (Å²) in [7, 11) is 0. The van der Waals surface area contributed by atoms with E-state index in [9.17, 15) is 0 Å². The molecule has 0 saturated carbocycles. The standard InChI is InChI=1S/C7H6BrN3/c1-4-2-9-7-6(11-4)5(8)3-10-7/h2-3H,1H3,(H,9,10). The molecule has 0 aliphatic heterocycles. The maximum atomic E-state index is 4.29. The third kappa shape index (κ3) is 1.03. The van der Waals surface area contributed by atoms with Crippen molar-refractivity contribution >= 4 is 27.1 Å². The van der Waals surface area contributed by atoms with E-state index >= 15 is 0 Å². The fourth-order valence-electron chi connectivity index (χ4n) is 0.950. The van der Waals surface area contributed by atoms with Gasteiger partial charge < -0.3 is 4.98 Å². The fourth-order valence-corrected chi connectivity index (χ4v) is 1.34. The summed E-state index contributed by atoms with van der Waals surface area (Å²) in [5.41, 5.74) is 2.64. The molecule has 1 N–H and O–H groups in total. The summed E-state index contributed by atoms with van der Waals surface area (Å²) in [6.07, 6.45) is 3.58. The Morgan fingerprint density at radius 3 is 3.18 bits per heavy atom. The molecule has 2 heterocycles. The van der Waals surface area contributed by atoms with Crippen molar-refractivity contribution in [1.82, 2.24) is 15.0 Å². The van der Waals surface area contributed by atoms with Gasteiger partial charge in [-0.2, -0.15) is 0 Å². The van der Waals surface area contributed by atoms with Crippen LogP contribution in [0, 0.1) is 6.92 Å². The first-order valence-corrected chi connectivity index (χ1v) is 4.03. The summed E-state index contributed by atoms with van der Waals surface area (Å²) in [5.74, 6) is 0. The van der Waals surface area contributed by atoms with Crippen LogP contribution in [0.1, 0.15) is 5.69 Å². The maximum absolute atomic E-state index is 4.29. The van der Waals surface area contributed by atoms with Crippen LogP contribution >= 0.6 is 15.9 Å². The summed E-state index contributed by atoms with van der Waals surface area (Å²) in [4.78, 5) is 11.4. The Hall–Kier alpha value is -0.900. The number of hydrogen-bond acceptors (Lipinski definition) is 2. The molecule has 4 heteroatoms. The fraction of sp³-hybridized carbons (Fsp3) is 0.143. The SMILES string of the molecule is Cc1cnc2[nH]cc(Br)c2n1. The highest BCUT2D eigenvalue weighted by Gasteiger charge is 2.01. The van der Waals surface area contributed by atoms with E-state index in [2.05, 4.69) is 30.9 Å². The minimum atomic E-state index is 0.822. The van der Waals surface area contributed by atoms with E-state index in [1.54, 1.807) is 6.20 Å². The molecule has 56 valence electrons. The highest BCUT2D eigenvalue weighted by Crippen LogP contribution is 2.19. The molecule has 0 radical (unpaired) electrons. The topological polar surface area (TPSA) is 41.6 Å². The van der Waals surface area contributed by atoms with Gasteiger partial charge >= 0.3 is 0 Å². The van der Waals surface area contributed by atoms with Crippen molar-refractivity contribution in [2.45, 2.75) is 6.92 Å². The van der Waals surface area contributed by atoms with Crippen molar-refractivity contribution in [3.8, 4) is 0 Å². The summed E-state index contributed by atoms with van der Waals surface area (Å²) in [6, 6.07) is 0. The molecule has 2 rings (SSSR count). The van der Waals surface area contributed by atoms with Crippen molar-refractivity contribution in [2.24, 2.45) is 0 Å². The van der Waals surface area contributed by atoms with Gasteiger partial charge in [0.2, 0.25) is 0 Å². The molecule has 0 atom stereocenters. The molecule has 0 fully saturated rings. The van der Waals surface area contributed by atoms with Crippen molar-refractivity contribution in [3.05, 3.63) is 22.6 Å². The molecule has 0 spiro atoms. The molecule has 0 aliphatic rings. The lowest BCUT2D eigenvalue weighted by molar-refractivity contribution is 1.17. The average Bonchev–Trinajstić information content (AvgIpc) is 2.33. The van der Waals surface area contributed by atoms with Gasteiger partial charge in [-0.1, -0.05) is 0 Å². The van der Waals surface area contributed by atoms with Gasteiger partial charge in [0.1, 0.15) is 5.52 Å². The molecule has 0 amide bonds. The Balaban J connectivity index is 2.87. The third-order valence-corrected chi connectivity index (χ3v) is 2.06. The summed E-state index contributed by atoms with van der Waals surface area (Å²) < 4.78 is 0.962. The van der Waals surface area contributed by atoms with Crippen LogP contribution in [0.5, 0.6) is 0 Å². The number of aryl methyl sites for hydroxylation is 1. The zero-order valence-corrected chi connectivity index (χ0v) is 7.51. The Kier molecular flexibility index (Phi) is 1.42. The number of H-pyrrole nitrogens is 1. The molecule has 11 heavy (non-hydrogen) atoms. The summed E-state index contributed by atoms with van der Waals surface area (Å²) in [5, 5.41) is 0. The number of nitrogens with zero attached hydrogens (tertiary/aromatic N) is 2. The number of nitrogens with one attached hydrogen (secondary N) is 1. The highest BCUT2D eigenvalue weighted by molar-refractivity contribution is 9.10. The van der Waals surface area contributed by atoms with E-state index in [1.165, 1.54) is 0 Å². The van der Waals surface area contributed by atoms with Crippen molar-refractivity contribution in [1.29, 1.82) is 0 Å². The second-order valence-electron chi connectivity index (χ2n) is 2.35. The number of aromatic nitrogens is 3. The van der Waals surface area contributed by atoms with Crippen LogP contribution in [0.15, 0.2) is 16.9 Å². The van der Waals surface area contributed by atoms with Crippen LogP contribution in [0.25, 0.3) is 11.2 Å². The van der Waals surface area contributed by atoms with Gasteiger partial charge in [-0.3, -0.25) is 0 Å². The minimum absolute atomic E-state index is 0.822. The molecule has 0 bridgehead atoms. The van der Waals surface area contributed by atoms with Gasteiger partial charge in [0.25, 0.3) is 0 Å². The van der Waals surface area contributed by atoms with E-state index in [1.807, 2.05) is 13.1 Å². The van der Waals surface area contributed by atoms with Crippen molar-refractivity contribution in [2.75, 3.05) is 0 Å². The van der Waals surface area contributed by atoms with E-state index in [0.717, 1.165) is 21.3 Å². The molecule has 2 aromatic heterocycles. The van der Waals surface area contributed by atoms with Crippen molar-refractivity contribution < 1.29 is 0 Å². The van der Waals surface area contributed by atoms with Gasteiger partial charge in [-0.05, 0) is 22.9 Å². The van der Waals surface area contributed by atoms with Crippen LogP contribution in [0.3, 0.4) is 0 Å². The molecule has 3 nitrogen and oxygen atoms in total. The van der Waals surface area contributed by atoms with Crippen LogP contribution in [0.4, 0.5) is 0 Å². The van der Waals surface area contributed by atoms with Crippen LogP contribution in [-0.2, 0) is 0 Å². The third-order valence-electron chi connectivity index (χ3n) is 1.45. The van der Waals surface area contributed by atoms with Gasteiger partial charge in [-0.15, -0.1) is 0 Å². The smallest absolute Gasteiger partial charge is 0.157 e. The summed E-state index contributed by atoms with van der Waals surface area (Å²) in [6.45, 7) is 1.92. The number of halogens is 1. The molecule has 0 saturated heterocycles. The van der Waals surface area contributed by atoms with Crippen LogP contribution in [-0.4, -0.2) is 15.0 Å². The van der Waals surface area contributed by atoms with Crippen LogP contribution in [0.2, 0.25) is 0 Å². The average molecular weight is 212 g/mol. The molecular formula is C7H6BrN3. The first-order chi connectivity index (χ1) is 5.27. The predicted molar refractivity (Wildman–Crippen MR) is 46.3 cm³/mol. The lowest BCUT2D eigenvalue weighted by Crippen LogP contribution is -1.83. The molecule has 0 aromatic carbocycles. The number of rotatable bonds is 0. The lowest BCUT2D eigenvalue weighted by atomic mass is 10.4. The normalized spacial score (nSPS) is 10.7. The molecule has 0 aliphatic carbocycles. The number of aromatic amines is 1. The molecule has 2 aromatic rings. The zero-order chi connectivity index (χ0) is 7.84. The second-order valence-corrected chi connectivity index (χ2v) is 3.20. The van der Waals surface area contributed by atoms with Crippen LogP contribution < -0.4 is 0 Å². The largest absolute Gasteiger partial charge is 0.344 e. The lowest BCUT2D eigenvalue weighted by Gasteiger charge is -1.90. The Morgan fingerprint density at radius 1 is 1.55 bits per heavy atom. The van der Waals surface area contributed by atoms with E-state index in [-0.39, 0.29) is 0 Å². The first-order valence-electron chi connectivity index (χ1n) is 3.23. The molecular weight excluding hydrogens is 206 g/mol. The first kappa shape index (κ1) is 6.79. The van der Waals surface area contributed by atoms with Crippen molar-refractivity contribution in [3.63, 3.8) is 0 Å². The zero-order valence-electron chi connectivity index (χ0n) is 5.93. The number of fused-ring (bicyclic) bond motifs is 1. The minimum Gasteiger partial charge on any atom is -0.344 e. The van der Waals surface area contributed by atoms with E-state index < -0.39 is 0 Å². The predicted octanol–water partition coefficient (Wildman–Crippen LogP) is 2.03. The number of hydrogen-bond donors (Lipinski definition) is 1. The van der Waals surface area contributed by atoms with Gasteiger partial charge in [0, 0.05) is 6.20 Å². The van der Waals surface area contributed by atoms with E-state index in [0.29, 0.717) is 0 Å². The summed E-state index contributed by atoms with van der Waals surface area (Å²) >= 11 is 3.37. The second kappa shape index (κ2) is 2.30. The Labute approximate surface area is 72.0 Å². The van der Waals surface area contributed by atoms with Gasteiger partial charge in [0.05, 0.1) is 16.4 Å². The molecule has 0 unspecified atom stereocenters. The van der Waals surface area contributed by atoms with Gasteiger partial charge in [-0.25, -0.2) is 9.97 Å². The Bertz CT molecular complexity index is 393.